The van der Waals surface area contributed by atoms with Gasteiger partial charge < -0.3 is 15.8 Å². The molecule has 35 heavy (non-hydrogen) atoms. The molecule has 5 rings (SSSR count). The Balaban J connectivity index is 1.51. The lowest BCUT2D eigenvalue weighted by Crippen LogP contribution is -2.45. The van der Waals surface area contributed by atoms with Gasteiger partial charge in [0.25, 0.3) is 10.0 Å². The van der Waals surface area contributed by atoms with Gasteiger partial charge in [-0.15, -0.1) is 13.2 Å². The molecule has 182 valence electrons. The molecule has 1 aliphatic rings. The number of halogens is 3. The molecular weight excluding hydrogens is 487 g/mol. The van der Waals surface area contributed by atoms with E-state index in [2.05, 4.69) is 30.2 Å². The molecule has 1 atom stereocenters. The second-order valence-corrected chi connectivity index (χ2v) is 9.66. The van der Waals surface area contributed by atoms with Crippen molar-refractivity contribution in [3.8, 4) is 5.75 Å². The molecule has 4 aromatic rings. The highest BCUT2D eigenvalue weighted by molar-refractivity contribution is 7.92. The number of rotatable bonds is 5. The first-order chi connectivity index (χ1) is 16.6. The number of alkyl halides is 3. The van der Waals surface area contributed by atoms with Gasteiger partial charge in [0.2, 0.25) is 5.95 Å². The van der Waals surface area contributed by atoms with Gasteiger partial charge in [-0.1, -0.05) is 24.3 Å². The number of sulfonamides is 1. The Labute approximate surface area is 197 Å². The Morgan fingerprint density at radius 3 is 2.74 bits per heavy atom. The zero-order chi connectivity index (χ0) is 24.8. The van der Waals surface area contributed by atoms with E-state index in [9.17, 15) is 21.6 Å². The van der Waals surface area contributed by atoms with Crippen LogP contribution in [0.25, 0.3) is 11.0 Å². The molecule has 2 aromatic heterocycles. The van der Waals surface area contributed by atoms with Crippen LogP contribution in [0.4, 0.5) is 30.6 Å². The molecule has 0 radical (unpaired) electrons. The van der Waals surface area contributed by atoms with Crippen molar-refractivity contribution in [3.63, 3.8) is 0 Å². The monoisotopic (exact) mass is 505 g/mol. The van der Waals surface area contributed by atoms with Gasteiger partial charge in [-0.05, 0) is 30.2 Å². The highest BCUT2D eigenvalue weighted by Gasteiger charge is 2.35. The number of ether oxygens (including phenoxy) is 1. The van der Waals surface area contributed by atoms with E-state index in [1.807, 2.05) is 0 Å². The first-order valence-corrected chi connectivity index (χ1v) is 11.7. The summed E-state index contributed by atoms with van der Waals surface area (Å²) in [4.78, 5) is 7.95. The third-order valence-corrected chi connectivity index (χ3v) is 7.18. The normalized spacial score (nSPS) is 16.2. The van der Waals surface area contributed by atoms with Crippen LogP contribution in [0.15, 0.2) is 59.6 Å². The number of para-hydroxylation sites is 1. The van der Waals surface area contributed by atoms with Crippen LogP contribution in [0.1, 0.15) is 5.56 Å². The van der Waals surface area contributed by atoms with Crippen molar-refractivity contribution in [2.75, 3.05) is 21.9 Å². The standard InChI is InChI=1S/C21H18F3N7O3S/c22-21(23,24)34-14-5-3-6-15(9-14)35(32,33)31-11-13(8-12-4-1-2-7-17(12)31)27-18-16-10-26-30-19(16)29-20(25)28-18/h1-7,9-10,13H,8,11H2,(H4,25,26,27,28,29,30). The summed E-state index contributed by atoms with van der Waals surface area (Å²) < 4.78 is 70.3. The molecular formula is C21H18F3N7O3S. The quantitative estimate of drug-likeness (QED) is 0.376. The molecule has 0 saturated carbocycles. The molecule has 1 unspecified atom stereocenters. The minimum absolute atomic E-state index is 0.00594. The average Bonchev–Trinajstić information content (AvgIpc) is 3.26. The Morgan fingerprint density at radius 1 is 1.14 bits per heavy atom. The predicted octanol–water partition coefficient (Wildman–Crippen LogP) is 3.07. The van der Waals surface area contributed by atoms with Gasteiger partial charge in [0.15, 0.2) is 5.65 Å². The van der Waals surface area contributed by atoms with Crippen LogP contribution in [-0.2, 0) is 16.4 Å². The fourth-order valence-electron chi connectivity index (χ4n) is 3.99. The van der Waals surface area contributed by atoms with E-state index in [0.717, 1.165) is 22.0 Å². The zero-order valence-corrected chi connectivity index (χ0v) is 18.6. The van der Waals surface area contributed by atoms with E-state index in [0.29, 0.717) is 29.0 Å². The van der Waals surface area contributed by atoms with Crippen molar-refractivity contribution in [2.45, 2.75) is 23.7 Å². The van der Waals surface area contributed by atoms with Gasteiger partial charge in [0.1, 0.15) is 11.6 Å². The third-order valence-electron chi connectivity index (χ3n) is 5.41. The number of nitrogens with two attached hydrogens (primary N) is 1. The SMILES string of the molecule is Nc1nc(NC2Cc3ccccc3N(S(=O)(=O)c3cccc(OC(F)(F)F)c3)C2)c2cn[nH]c2n1. The topological polar surface area (TPSA) is 139 Å². The summed E-state index contributed by atoms with van der Waals surface area (Å²) in [5.74, 6) is -0.243. The predicted molar refractivity (Wildman–Crippen MR) is 121 cm³/mol. The van der Waals surface area contributed by atoms with Crippen LogP contribution in [0, 0.1) is 0 Å². The van der Waals surface area contributed by atoms with E-state index < -0.39 is 28.2 Å². The van der Waals surface area contributed by atoms with Crippen LogP contribution in [-0.4, -0.2) is 47.5 Å². The number of aromatic amines is 1. The highest BCUT2D eigenvalue weighted by atomic mass is 32.2. The van der Waals surface area contributed by atoms with Crippen molar-refractivity contribution >= 4 is 38.5 Å². The lowest BCUT2D eigenvalue weighted by Gasteiger charge is -2.36. The largest absolute Gasteiger partial charge is 0.573 e. The number of aromatic nitrogens is 4. The first-order valence-electron chi connectivity index (χ1n) is 10.3. The van der Waals surface area contributed by atoms with E-state index in [1.165, 1.54) is 18.3 Å². The summed E-state index contributed by atoms with van der Waals surface area (Å²) in [7, 11) is -4.25. The smallest absolute Gasteiger partial charge is 0.406 e. The minimum Gasteiger partial charge on any atom is -0.406 e. The van der Waals surface area contributed by atoms with E-state index in [4.69, 9.17) is 5.73 Å². The molecule has 2 aromatic carbocycles. The number of nitrogen functional groups attached to an aromatic ring is 1. The van der Waals surface area contributed by atoms with Gasteiger partial charge in [0.05, 0.1) is 34.8 Å². The second kappa shape index (κ2) is 8.30. The van der Waals surface area contributed by atoms with Crippen molar-refractivity contribution in [3.05, 3.63) is 60.3 Å². The summed E-state index contributed by atoms with van der Waals surface area (Å²) in [5, 5.41) is 10.4. The summed E-state index contributed by atoms with van der Waals surface area (Å²) in [6, 6.07) is 10.8. The molecule has 4 N–H and O–H groups in total. The molecule has 0 bridgehead atoms. The maximum absolute atomic E-state index is 13.6. The van der Waals surface area contributed by atoms with Crippen LogP contribution < -0.4 is 20.1 Å². The molecule has 1 aliphatic heterocycles. The van der Waals surface area contributed by atoms with Crippen LogP contribution in [0.5, 0.6) is 5.75 Å². The van der Waals surface area contributed by atoms with Gasteiger partial charge in [-0.25, -0.2) is 8.42 Å². The van der Waals surface area contributed by atoms with E-state index in [1.54, 1.807) is 24.3 Å². The zero-order valence-electron chi connectivity index (χ0n) is 17.8. The van der Waals surface area contributed by atoms with Crippen LogP contribution in [0.3, 0.4) is 0 Å². The molecule has 14 heteroatoms. The second-order valence-electron chi connectivity index (χ2n) is 7.80. The molecule has 0 fully saturated rings. The summed E-state index contributed by atoms with van der Waals surface area (Å²) in [6.07, 6.45) is -2.97. The fourth-order valence-corrected chi connectivity index (χ4v) is 5.58. The van der Waals surface area contributed by atoms with Crippen molar-refractivity contribution < 1.29 is 26.3 Å². The van der Waals surface area contributed by atoms with Gasteiger partial charge in [-0.3, -0.25) is 9.40 Å². The Bertz CT molecular complexity index is 1510. The number of H-pyrrole nitrogens is 1. The van der Waals surface area contributed by atoms with Crippen LogP contribution >= 0.6 is 0 Å². The summed E-state index contributed by atoms with van der Waals surface area (Å²) in [5.41, 5.74) is 7.37. The highest BCUT2D eigenvalue weighted by Crippen LogP contribution is 2.34. The Morgan fingerprint density at radius 2 is 1.94 bits per heavy atom. The van der Waals surface area contributed by atoms with Gasteiger partial charge >= 0.3 is 6.36 Å². The number of fused-ring (bicyclic) bond motifs is 2. The summed E-state index contributed by atoms with van der Waals surface area (Å²) >= 11 is 0. The maximum Gasteiger partial charge on any atom is 0.573 e. The lowest BCUT2D eigenvalue weighted by molar-refractivity contribution is -0.274. The van der Waals surface area contributed by atoms with Gasteiger partial charge in [-0.2, -0.15) is 15.1 Å². The number of anilines is 3. The fraction of sp³-hybridized carbons (Fsp3) is 0.190. The molecule has 3 heterocycles. The van der Waals surface area contributed by atoms with Gasteiger partial charge in [0, 0.05) is 6.07 Å². The minimum atomic E-state index is -4.95. The van der Waals surface area contributed by atoms with Crippen molar-refractivity contribution in [1.82, 2.24) is 20.2 Å². The van der Waals surface area contributed by atoms with E-state index in [-0.39, 0.29) is 17.4 Å². The number of nitrogens with zero attached hydrogens (tertiary/aromatic N) is 4. The molecule has 0 saturated heterocycles. The molecule has 10 nitrogen and oxygen atoms in total. The molecule has 0 spiro atoms. The number of nitrogens with one attached hydrogen (secondary N) is 2. The average molecular weight is 505 g/mol. The lowest BCUT2D eigenvalue weighted by atomic mass is 9.99. The summed E-state index contributed by atoms with van der Waals surface area (Å²) in [6.45, 7) is -0.0209. The first kappa shape index (κ1) is 22.7. The Kier molecular flexibility index (Phi) is 5.39. The number of benzene rings is 2. The Hall–Kier alpha value is -4.07. The number of hydrogen-bond acceptors (Lipinski definition) is 8. The van der Waals surface area contributed by atoms with Crippen molar-refractivity contribution in [1.29, 1.82) is 0 Å². The van der Waals surface area contributed by atoms with Crippen LogP contribution in [0.2, 0.25) is 0 Å². The van der Waals surface area contributed by atoms with E-state index >= 15 is 0 Å². The number of hydrogen-bond donors (Lipinski definition) is 3. The maximum atomic E-state index is 13.6. The third kappa shape index (κ3) is 4.51. The molecule has 0 amide bonds. The van der Waals surface area contributed by atoms with Crippen molar-refractivity contribution in [2.24, 2.45) is 0 Å². The molecule has 0 aliphatic carbocycles.